The van der Waals surface area contributed by atoms with Gasteiger partial charge in [-0.3, -0.25) is 15.0 Å². The quantitative estimate of drug-likeness (QED) is 0.559. The molecule has 3 aromatic heterocycles. The third-order valence-corrected chi connectivity index (χ3v) is 4.81. The normalized spacial score (nSPS) is 14.9. The van der Waals surface area contributed by atoms with Gasteiger partial charge in [-0.2, -0.15) is 5.10 Å². The van der Waals surface area contributed by atoms with E-state index in [0.29, 0.717) is 5.88 Å². The van der Waals surface area contributed by atoms with Crippen LogP contribution >= 0.6 is 0 Å². The monoisotopic (exact) mass is 373 g/mol. The Balaban J connectivity index is 1.30. The zero-order chi connectivity index (χ0) is 18.9. The number of fused-ring (bicyclic) bond motifs is 1. The third-order valence-electron chi connectivity index (χ3n) is 4.81. The molecule has 0 saturated carbocycles. The van der Waals surface area contributed by atoms with Crippen molar-refractivity contribution >= 4 is 10.9 Å². The van der Waals surface area contributed by atoms with Gasteiger partial charge in [0.15, 0.2) is 0 Å². The van der Waals surface area contributed by atoms with Crippen molar-refractivity contribution in [3.05, 3.63) is 66.6 Å². The molecule has 1 aliphatic rings. The van der Waals surface area contributed by atoms with Gasteiger partial charge in [0, 0.05) is 49.0 Å². The van der Waals surface area contributed by atoms with Crippen molar-refractivity contribution < 1.29 is 9.84 Å². The minimum absolute atomic E-state index is 0.192. The standard InChI is InChI=1S/C21H19N5O2/c27-17-12-26(13-17)11-16-3-1-14-9-18(4-5-19(14)24-16)28-21-6-2-15(10-22-21)20-7-8-23-25-20/h1-10,17,27H,11-13H2,(H,23,25). The lowest BCUT2D eigenvalue weighted by Gasteiger charge is -2.35. The second-order valence-corrected chi connectivity index (χ2v) is 6.96. The SMILES string of the molecule is OC1CN(Cc2ccc3cc(Oc4ccc(-c5ccn[nH]5)cn4)ccc3n2)C1. The average Bonchev–Trinajstić information content (AvgIpc) is 3.22. The first-order chi connectivity index (χ1) is 13.7. The van der Waals surface area contributed by atoms with Crippen LogP contribution in [0.3, 0.4) is 0 Å². The maximum absolute atomic E-state index is 9.40. The summed E-state index contributed by atoms with van der Waals surface area (Å²) in [6.45, 7) is 2.20. The summed E-state index contributed by atoms with van der Waals surface area (Å²) in [6, 6.07) is 15.6. The van der Waals surface area contributed by atoms with E-state index in [-0.39, 0.29) is 6.10 Å². The van der Waals surface area contributed by atoms with Crippen LogP contribution in [0.5, 0.6) is 11.6 Å². The highest BCUT2D eigenvalue weighted by atomic mass is 16.5. The molecular weight excluding hydrogens is 354 g/mol. The molecule has 1 aliphatic heterocycles. The highest BCUT2D eigenvalue weighted by Crippen LogP contribution is 2.26. The van der Waals surface area contributed by atoms with E-state index in [0.717, 1.165) is 53.2 Å². The van der Waals surface area contributed by atoms with E-state index >= 15 is 0 Å². The van der Waals surface area contributed by atoms with Gasteiger partial charge in [-0.05, 0) is 36.4 Å². The number of benzene rings is 1. The number of β-amino-alcohol motifs (C(OH)–C–C–N with tert-alkyl or cyclic N) is 1. The summed E-state index contributed by atoms with van der Waals surface area (Å²) >= 11 is 0. The van der Waals surface area contributed by atoms with Crippen molar-refractivity contribution in [1.82, 2.24) is 25.1 Å². The van der Waals surface area contributed by atoms with E-state index in [1.54, 1.807) is 12.4 Å². The molecule has 140 valence electrons. The predicted molar refractivity (Wildman–Crippen MR) is 105 cm³/mol. The molecule has 7 heteroatoms. The molecule has 4 heterocycles. The zero-order valence-electron chi connectivity index (χ0n) is 15.1. The van der Waals surface area contributed by atoms with E-state index in [1.807, 2.05) is 42.5 Å². The Kier molecular flexibility index (Phi) is 4.23. The summed E-state index contributed by atoms with van der Waals surface area (Å²) < 4.78 is 5.89. The fourth-order valence-corrected chi connectivity index (χ4v) is 3.34. The molecule has 1 saturated heterocycles. The number of aliphatic hydroxyl groups is 1. The molecule has 1 fully saturated rings. The Morgan fingerprint density at radius 2 is 2.04 bits per heavy atom. The van der Waals surface area contributed by atoms with Crippen molar-refractivity contribution in [3.8, 4) is 22.9 Å². The molecule has 2 N–H and O–H groups in total. The van der Waals surface area contributed by atoms with Crippen LogP contribution < -0.4 is 4.74 Å². The van der Waals surface area contributed by atoms with E-state index in [2.05, 4.69) is 26.1 Å². The first kappa shape index (κ1) is 16.9. The number of nitrogens with one attached hydrogen (secondary N) is 1. The van der Waals surface area contributed by atoms with Crippen LogP contribution in [-0.2, 0) is 6.54 Å². The van der Waals surface area contributed by atoms with E-state index < -0.39 is 0 Å². The minimum Gasteiger partial charge on any atom is -0.439 e. The van der Waals surface area contributed by atoms with E-state index in [1.165, 1.54) is 0 Å². The Hall–Kier alpha value is -3.29. The number of nitrogens with zero attached hydrogens (tertiary/aromatic N) is 4. The second-order valence-electron chi connectivity index (χ2n) is 6.96. The maximum atomic E-state index is 9.40. The van der Waals surface area contributed by atoms with Crippen LogP contribution in [0.1, 0.15) is 5.69 Å². The van der Waals surface area contributed by atoms with Crippen LogP contribution in [0.4, 0.5) is 0 Å². The molecule has 5 rings (SSSR count). The number of likely N-dealkylation sites (tertiary alicyclic amines) is 1. The van der Waals surface area contributed by atoms with Gasteiger partial charge in [-0.25, -0.2) is 4.98 Å². The fraction of sp³-hybridized carbons (Fsp3) is 0.190. The summed E-state index contributed by atoms with van der Waals surface area (Å²) in [6.07, 6.45) is 3.27. The van der Waals surface area contributed by atoms with Crippen molar-refractivity contribution in [2.45, 2.75) is 12.6 Å². The summed E-state index contributed by atoms with van der Waals surface area (Å²) in [5.74, 6) is 1.25. The fourth-order valence-electron chi connectivity index (χ4n) is 3.34. The lowest BCUT2D eigenvalue weighted by molar-refractivity contribution is -0.00348. The van der Waals surface area contributed by atoms with Crippen molar-refractivity contribution in [2.75, 3.05) is 13.1 Å². The number of H-pyrrole nitrogens is 1. The first-order valence-corrected chi connectivity index (χ1v) is 9.17. The summed E-state index contributed by atoms with van der Waals surface area (Å²) in [4.78, 5) is 11.2. The van der Waals surface area contributed by atoms with Crippen LogP contribution in [0.25, 0.3) is 22.2 Å². The Morgan fingerprint density at radius 3 is 2.79 bits per heavy atom. The van der Waals surface area contributed by atoms with Gasteiger partial charge in [0.05, 0.1) is 23.0 Å². The largest absolute Gasteiger partial charge is 0.439 e. The van der Waals surface area contributed by atoms with Crippen molar-refractivity contribution in [2.24, 2.45) is 0 Å². The van der Waals surface area contributed by atoms with E-state index in [9.17, 15) is 5.11 Å². The predicted octanol–water partition coefficient (Wildman–Crippen LogP) is 2.99. The molecule has 0 aliphatic carbocycles. The summed E-state index contributed by atoms with van der Waals surface area (Å²) in [7, 11) is 0. The highest BCUT2D eigenvalue weighted by molar-refractivity contribution is 5.80. The molecule has 1 aromatic carbocycles. The number of hydrogen-bond acceptors (Lipinski definition) is 6. The van der Waals surface area contributed by atoms with Gasteiger partial charge >= 0.3 is 0 Å². The van der Waals surface area contributed by atoms with Gasteiger partial charge in [-0.1, -0.05) is 6.07 Å². The Labute approximate surface area is 161 Å². The molecule has 7 nitrogen and oxygen atoms in total. The first-order valence-electron chi connectivity index (χ1n) is 9.17. The number of hydrogen-bond donors (Lipinski definition) is 2. The maximum Gasteiger partial charge on any atom is 0.219 e. The van der Waals surface area contributed by atoms with Crippen LogP contribution in [0.2, 0.25) is 0 Å². The lowest BCUT2D eigenvalue weighted by Crippen LogP contribution is -2.49. The average molecular weight is 373 g/mol. The molecule has 0 spiro atoms. The molecule has 0 bridgehead atoms. The van der Waals surface area contributed by atoms with Crippen LogP contribution in [-0.4, -0.2) is 49.4 Å². The number of pyridine rings is 2. The van der Waals surface area contributed by atoms with Crippen LogP contribution in [0.15, 0.2) is 60.9 Å². The van der Waals surface area contributed by atoms with Crippen LogP contribution in [0, 0.1) is 0 Å². The molecule has 0 radical (unpaired) electrons. The van der Waals surface area contributed by atoms with Crippen molar-refractivity contribution in [1.29, 1.82) is 0 Å². The van der Waals surface area contributed by atoms with Crippen molar-refractivity contribution in [3.63, 3.8) is 0 Å². The number of ether oxygens (including phenoxy) is 1. The van der Waals surface area contributed by atoms with Gasteiger partial charge in [-0.15, -0.1) is 0 Å². The molecule has 4 aromatic rings. The molecule has 28 heavy (non-hydrogen) atoms. The Bertz CT molecular complexity index is 1090. The molecule has 0 amide bonds. The summed E-state index contributed by atoms with van der Waals surface area (Å²) in [5, 5.41) is 17.3. The number of aromatic nitrogens is 4. The highest BCUT2D eigenvalue weighted by Gasteiger charge is 2.24. The molecule has 0 atom stereocenters. The van der Waals surface area contributed by atoms with E-state index in [4.69, 9.17) is 9.72 Å². The number of rotatable bonds is 5. The van der Waals surface area contributed by atoms with Gasteiger partial charge in [0.1, 0.15) is 5.75 Å². The summed E-state index contributed by atoms with van der Waals surface area (Å²) in [5.41, 5.74) is 3.80. The van der Waals surface area contributed by atoms with Gasteiger partial charge in [0.2, 0.25) is 5.88 Å². The van der Waals surface area contributed by atoms with Gasteiger partial charge < -0.3 is 9.84 Å². The zero-order valence-corrected chi connectivity index (χ0v) is 15.1. The number of aliphatic hydroxyl groups excluding tert-OH is 1. The second kappa shape index (κ2) is 7.03. The third kappa shape index (κ3) is 3.45. The molecular formula is C21H19N5O2. The topological polar surface area (TPSA) is 87.2 Å². The van der Waals surface area contributed by atoms with Gasteiger partial charge in [0.25, 0.3) is 0 Å². The smallest absolute Gasteiger partial charge is 0.219 e. The lowest BCUT2D eigenvalue weighted by atomic mass is 10.1. The molecule has 0 unspecified atom stereocenters. The Morgan fingerprint density at radius 1 is 1.11 bits per heavy atom. The number of aromatic amines is 1. The minimum atomic E-state index is -0.192.